The lowest BCUT2D eigenvalue weighted by molar-refractivity contribution is 0.0671. The van der Waals surface area contributed by atoms with Crippen LogP contribution < -0.4 is 5.32 Å². The lowest BCUT2D eigenvalue weighted by Gasteiger charge is -2.47. The highest BCUT2D eigenvalue weighted by Crippen LogP contribution is 2.41. The third kappa shape index (κ3) is 2.92. The molecule has 2 fully saturated rings. The fourth-order valence-electron chi connectivity index (χ4n) is 2.51. The molecule has 1 saturated heterocycles. The molecule has 1 N–H and O–H groups in total. The van der Waals surface area contributed by atoms with Crippen molar-refractivity contribution >= 4 is 10.1 Å². The van der Waals surface area contributed by atoms with E-state index >= 15 is 0 Å². The number of rotatable bonds is 3. The van der Waals surface area contributed by atoms with Gasteiger partial charge in [-0.25, -0.2) is 0 Å². The quantitative estimate of drug-likeness (QED) is 0.731. The van der Waals surface area contributed by atoms with Crippen LogP contribution in [-0.4, -0.2) is 34.4 Å². The third-order valence-electron chi connectivity index (χ3n) is 3.68. The summed E-state index contributed by atoms with van der Waals surface area (Å²) in [5.74, 6) is 0.436. The molecule has 15 heavy (non-hydrogen) atoms. The van der Waals surface area contributed by atoms with Gasteiger partial charge in [0.2, 0.25) is 0 Å². The highest BCUT2D eigenvalue weighted by atomic mass is 32.2. The van der Waals surface area contributed by atoms with Gasteiger partial charge in [0.15, 0.2) is 0 Å². The minimum atomic E-state index is -3.26. The molecule has 0 aromatic carbocycles. The highest BCUT2D eigenvalue weighted by Gasteiger charge is 2.40. The normalized spacial score (nSPS) is 26.5. The van der Waals surface area contributed by atoms with Gasteiger partial charge in [-0.05, 0) is 37.0 Å². The lowest BCUT2D eigenvalue weighted by Crippen LogP contribution is -2.55. The van der Waals surface area contributed by atoms with Crippen LogP contribution in [-0.2, 0) is 14.3 Å². The van der Waals surface area contributed by atoms with Gasteiger partial charge in [0.1, 0.15) is 0 Å². The molecular weight excluding hydrogens is 214 g/mol. The van der Waals surface area contributed by atoms with Crippen molar-refractivity contribution in [3.8, 4) is 0 Å². The molecule has 0 aromatic rings. The molecule has 88 valence electrons. The van der Waals surface area contributed by atoms with Crippen LogP contribution in [0.5, 0.6) is 0 Å². The number of nitrogens with one attached hydrogen (secondary N) is 1. The van der Waals surface area contributed by atoms with Crippen LogP contribution >= 0.6 is 0 Å². The Morgan fingerprint density at radius 3 is 2.33 bits per heavy atom. The van der Waals surface area contributed by atoms with Crippen LogP contribution in [0.1, 0.15) is 25.7 Å². The number of hydrogen-bond acceptors (Lipinski definition) is 4. The largest absolute Gasteiger partial charge is 0.316 e. The molecule has 0 radical (unpaired) electrons. The van der Waals surface area contributed by atoms with E-state index in [0.717, 1.165) is 32.2 Å². The topological polar surface area (TPSA) is 55.4 Å². The van der Waals surface area contributed by atoms with Crippen LogP contribution in [0.4, 0.5) is 0 Å². The molecule has 1 spiro atoms. The second-order valence-electron chi connectivity index (χ2n) is 5.04. The summed E-state index contributed by atoms with van der Waals surface area (Å²) in [6, 6.07) is 0. The summed E-state index contributed by atoms with van der Waals surface area (Å²) in [7, 11) is -3.26. The average Bonchev–Trinajstić information content (AvgIpc) is 2.12. The Morgan fingerprint density at radius 1 is 1.33 bits per heavy atom. The van der Waals surface area contributed by atoms with Gasteiger partial charge < -0.3 is 5.32 Å². The van der Waals surface area contributed by atoms with Crippen LogP contribution in [0.3, 0.4) is 0 Å². The molecule has 4 nitrogen and oxygen atoms in total. The maximum Gasteiger partial charge on any atom is 0.264 e. The van der Waals surface area contributed by atoms with E-state index in [9.17, 15) is 8.42 Å². The minimum absolute atomic E-state index is 0.377. The van der Waals surface area contributed by atoms with Crippen molar-refractivity contribution in [2.45, 2.75) is 25.7 Å². The van der Waals surface area contributed by atoms with Crippen LogP contribution in [0, 0.1) is 11.3 Å². The summed E-state index contributed by atoms with van der Waals surface area (Å²) in [5, 5.41) is 3.32. The standard InChI is InChI=1S/C10H19NO3S/c1-15(12,13)14-6-9-2-4-10(5-3-9)7-11-8-10/h9,11H,2-8H2,1H3. The molecule has 1 aliphatic carbocycles. The first-order valence-corrected chi connectivity index (χ1v) is 7.36. The molecule has 0 atom stereocenters. The third-order valence-corrected chi connectivity index (χ3v) is 4.25. The van der Waals surface area contributed by atoms with Crippen molar-refractivity contribution in [3.05, 3.63) is 0 Å². The molecule has 0 unspecified atom stereocenters. The molecule has 2 aliphatic rings. The van der Waals surface area contributed by atoms with Crippen molar-refractivity contribution in [1.29, 1.82) is 0 Å². The first kappa shape index (κ1) is 11.4. The molecular formula is C10H19NO3S. The fraction of sp³-hybridized carbons (Fsp3) is 1.00. The van der Waals surface area contributed by atoms with Crippen molar-refractivity contribution in [3.63, 3.8) is 0 Å². The first-order valence-electron chi connectivity index (χ1n) is 5.54. The SMILES string of the molecule is CS(=O)(=O)OCC1CCC2(CC1)CNC2. The van der Waals surface area contributed by atoms with Gasteiger partial charge in [0.25, 0.3) is 10.1 Å². The van der Waals surface area contributed by atoms with Crippen molar-refractivity contribution in [2.24, 2.45) is 11.3 Å². The monoisotopic (exact) mass is 233 g/mol. The zero-order valence-corrected chi connectivity index (χ0v) is 9.98. The molecule has 0 amide bonds. The molecule has 2 rings (SSSR count). The van der Waals surface area contributed by atoms with Crippen LogP contribution in [0.25, 0.3) is 0 Å². The van der Waals surface area contributed by atoms with E-state index in [1.54, 1.807) is 0 Å². The lowest BCUT2D eigenvalue weighted by atomic mass is 9.67. The van der Waals surface area contributed by atoms with Gasteiger partial charge in [-0.2, -0.15) is 8.42 Å². The van der Waals surface area contributed by atoms with Crippen LogP contribution in [0.2, 0.25) is 0 Å². The maximum absolute atomic E-state index is 10.8. The maximum atomic E-state index is 10.8. The zero-order chi connectivity index (χ0) is 10.9. The Morgan fingerprint density at radius 2 is 1.93 bits per heavy atom. The first-order chi connectivity index (χ1) is 6.99. The predicted octanol–water partition coefficient (Wildman–Crippen LogP) is 0.742. The second-order valence-corrected chi connectivity index (χ2v) is 6.68. The van der Waals surface area contributed by atoms with Crippen molar-refractivity contribution < 1.29 is 12.6 Å². The molecule has 1 aliphatic heterocycles. The highest BCUT2D eigenvalue weighted by molar-refractivity contribution is 7.85. The van der Waals surface area contributed by atoms with E-state index in [0.29, 0.717) is 17.9 Å². The van der Waals surface area contributed by atoms with Gasteiger partial charge in [-0.15, -0.1) is 0 Å². The summed E-state index contributed by atoms with van der Waals surface area (Å²) in [6.07, 6.45) is 5.77. The summed E-state index contributed by atoms with van der Waals surface area (Å²) in [6.45, 7) is 2.67. The van der Waals surface area contributed by atoms with Crippen molar-refractivity contribution in [2.75, 3.05) is 26.0 Å². The number of hydrogen-bond donors (Lipinski definition) is 1. The Balaban J connectivity index is 1.74. The fourth-order valence-corrected chi connectivity index (χ4v) is 2.95. The van der Waals surface area contributed by atoms with Crippen LogP contribution in [0.15, 0.2) is 0 Å². The summed E-state index contributed by atoms with van der Waals surface area (Å²) in [5.41, 5.74) is 0.543. The Hall–Kier alpha value is -0.130. The van der Waals surface area contributed by atoms with E-state index in [1.807, 2.05) is 0 Å². The Labute approximate surface area is 91.5 Å². The molecule has 0 bridgehead atoms. The Kier molecular flexibility index (Phi) is 3.05. The van der Waals surface area contributed by atoms with E-state index < -0.39 is 10.1 Å². The van der Waals surface area contributed by atoms with Gasteiger partial charge >= 0.3 is 0 Å². The van der Waals surface area contributed by atoms with E-state index in [-0.39, 0.29) is 0 Å². The van der Waals surface area contributed by atoms with Gasteiger partial charge in [0, 0.05) is 13.1 Å². The molecule has 0 aromatic heterocycles. The predicted molar refractivity (Wildman–Crippen MR) is 58.1 cm³/mol. The summed E-state index contributed by atoms with van der Waals surface area (Å²) >= 11 is 0. The van der Waals surface area contributed by atoms with E-state index in [1.165, 1.54) is 12.8 Å². The smallest absolute Gasteiger partial charge is 0.264 e. The molecule has 1 saturated carbocycles. The van der Waals surface area contributed by atoms with Crippen molar-refractivity contribution in [1.82, 2.24) is 5.32 Å². The summed E-state index contributed by atoms with van der Waals surface area (Å²) < 4.78 is 26.5. The summed E-state index contributed by atoms with van der Waals surface area (Å²) in [4.78, 5) is 0. The van der Waals surface area contributed by atoms with Gasteiger partial charge in [0.05, 0.1) is 12.9 Å². The minimum Gasteiger partial charge on any atom is -0.316 e. The molecule has 1 heterocycles. The van der Waals surface area contributed by atoms with Gasteiger partial charge in [-0.3, -0.25) is 4.18 Å². The average molecular weight is 233 g/mol. The second kappa shape index (κ2) is 4.03. The zero-order valence-electron chi connectivity index (χ0n) is 9.16. The Bertz CT molecular complexity index is 312. The molecule has 5 heteroatoms. The van der Waals surface area contributed by atoms with Gasteiger partial charge in [-0.1, -0.05) is 0 Å². The van der Waals surface area contributed by atoms with E-state index in [2.05, 4.69) is 5.32 Å². The van der Waals surface area contributed by atoms with E-state index in [4.69, 9.17) is 4.18 Å².